The first kappa shape index (κ1) is 25.3. The maximum Gasteiger partial charge on any atom is 0.117 e. The van der Waals surface area contributed by atoms with Gasteiger partial charge in [0.2, 0.25) is 0 Å². The Morgan fingerprint density at radius 3 is 1.69 bits per heavy atom. The van der Waals surface area contributed by atoms with E-state index >= 15 is 0 Å². The fourth-order valence-corrected chi connectivity index (χ4v) is 7.15. The Labute approximate surface area is 217 Å². The minimum atomic E-state index is -1.10. The van der Waals surface area contributed by atoms with E-state index in [1.807, 2.05) is 60.7 Å². The Bertz CT molecular complexity index is 959. The summed E-state index contributed by atoms with van der Waals surface area (Å²) in [6.45, 7) is 0. The van der Waals surface area contributed by atoms with Crippen LogP contribution >= 0.6 is 0 Å². The maximum atomic E-state index is 12.3. The molecule has 3 aliphatic rings. The van der Waals surface area contributed by atoms with Crippen molar-refractivity contribution in [3.63, 3.8) is 0 Å². The van der Waals surface area contributed by atoms with Crippen LogP contribution < -0.4 is 5.32 Å². The molecule has 0 aromatic heterocycles. The van der Waals surface area contributed by atoms with E-state index in [2.05, 4.69) is 23.5 Å². The first-order chi connectivity index (χ1) is 17.6. The highest BCUT2D eigenvalue weighted by atomic mass is 16.3. The van der Waals surface area contributed by atoms with E-state index in [0.29, 0.717) is 24.7 Å². The molecule has 1 unspecified atom stereocenters. The largest absolute Gasteiger partial charge is 0.389 e. The second-order valence-electron chi connectivity index (χ2n) is 11.5. The number of hydrogen-bond acceptors (Lipinski definition) is 3. The molecular formula is C33H43NO2. The molecule has 0 amide bonds. The Morgan fingerprint density at radius 1 is 0.694 bits per heavy atom. The van der Waals surface area contributed by atoms with Crippen LogP contribution in [0.25, 0.3) is 0 Å². The van der Waals surface area contributed by atoms with Crippen LogP contribution in [0.4, 0.5) is 0 Å². The van der Waals surface area contributed by atoms with Gasteiger partial charge in [-0.1, -0.05) is 111 Å². The van der Waals surface area contributed by atoms with Gasteiger partial charge in [-0.2, -0.15) is 0 Å². The first-order valence-electron chi connectivity index (χ1n) is 14.3. The van der Waals surface area contributed by atoms with Crippen LogP contribution in [0.5, 0.6) is 0 Å². The summed E-state index contributed by atoms with van der Waals surface area (Å²) in [5.41, 5.74) is 1.19. The molecule has 0 saturated heterocycles. The topological polar surface area (TPSA) is 52.5 Å². The molecule has 3 heteroatoms. The van der Waals surface area contributed by atoms with Crippen molar-refractivity contribution in [1.82, 2.24) is 5.32 Å². The van der Waals surface area contributed by atoms with Gasteiger partial charge in [0.15, 0.2) is 0 Å². The van der Waals surface area contributed by atoms with Gasteiger partial charge in [-0.25, -0.2) is 0 Å². The maximum absolute atomic E-state index is 12.3. The first-order valence-corrected chi connectivity index (χ1v) is 14.3. The minimum Gasteiger partial charge on any atom is -0.389 e. The summed E-state index contributed by atoms with van der Waals surface area (Å²) >= 11 is 0. The predicted molar refractivity (Wildman–Crippen MR) is 147 cm³/mol. The molecular weight excluding hydrogens is 442 g/mol. The second-order valence-corrected chi connectivity index (χ2v) is 11.5. The quantitative estimate of drug-likeness (QED) is 0.377. The molecule has 2 aliphatic carbocycles. The van der Waals surface area contributed by atoms with E-state index in [9.17, 15) is 10.2 Å². The lowest BCUT2D eigenvalue weighted by molar-refractivity contribution is -0.0922. The van der Waals surface area contributed by atoms with Gasteiger partial charge in [0.1, 0.15) is 5.60 Å². The smallest absolute Gasteiger partial charge is 0.117 e. The standard InChI is InChI=1S/C33H43NO2/c35-32(26-14-5-1-6-15-26,27-16-7-2-8-17-27)24-30-22-13-23-31(34-30)25-33(36,28-18-9-3-10-19-28)29-20-11-4-12-21-29/h1-2,5-8,13-17,22-23,28-30,34-36H,3-4,9-12,18-21,24-25H2. The third-order valence-corrected chi connectivity index (χ3v) is 9.13. The van der Waals surface area contributed by atoms with Gasteiger partial charge >= 0.3 is 0 Å². The summed E-state index contributed by atoms with van der Waals surface area (Å²) in [4.78, 5) is 0. The average Bonchev–Trinajstić information content (AvgIpc) is 2.95. The molecule has 3 nitrogen and oxygen atoms in total. The van der Waals surface area contributed by atoms with E-state index in [1.54, 1.807) is 0 Å². The molecule has 0 radical (unpaired) electrons. The Balaban J connectivity index is 1.36. The molecule has 2 aromatic carbocycles. The molecule has 1 aliphatic heterocycles. The monoisotopic (exact) mass is 485 g/mol. The minimum absolute atomic E-state index is 0.0163. The number of benzene rings is 2. The van der Waals surface area contributed by atoms with Crippen LogP contribution in [0.3, 0.4) is 0 Å². The number of hydrogen-bond donors (Lipinski definition) is 3. The van der Waals surface area contributed by atoms with Gasteiger partial charge in [0.25, 0.3) is 0 Å². The molecule has 5 rings (SSSR count). The molecule has 0 bridgehead atoms. The number of aliphatic hydroxyl groups is 2. The highest BCUT2D eigenvalue weighted by molar-refractivity contribution is 5.37. The Hall–Kier alpha value is -2.36. The number of dihydropyridines is 1. The third kappa shape index (κ3) is 5.48. The van der Waals surface area contributed by atoms with Crippen molar-refractivity contribution < 1.29 is 10.2 Å². The lowest BCUT2D eigenvalue weighted by atomic mass is 9.64. The fraction of sp³-hybridized carbons (Fsp3) is 0.515. The van der Waals surface area contributed by atoms with Crippen molar-refractivity contribution in [2.24, 2.45) is 11.8 Å². The van der Waals surface area contributed by atoms with Crippen LogP contribution in [-0.4, -0.2) is 21.9 Å². The van der Waals surface area contributed by atoms with Gasteiger partial charge in [-0.15, -0.1) is 0 Å². The third-order valence-electron chi connectivity index (χ3n) is 9.13. The summed E-state index contributed by atoms with van der Waals surface area (Å²) < 4.78 is 0. The lowest BCUT2D eigenvalue weighted by Crippen LogP contribution is -2.49. The Morgan fingerprint density at radius 2 is 1.19 bits per heavy atom. The zero-order valence-electron chi connectivity index (χ0n) is 21.6. The summed E-state index contributed by atoms with van der Waals surface area (Å²) in [6, 6.07) is 20.0. The molecule has 0 spiro atoms. The normalized spacial score (nSPS) is 22.2. The molecule has 2 aromatic rings. The molecule has 36 heavy (non-hydrogen) atoms. The van der Waals surface area contributed by atoms with E-state index in [1.165, 1.54) is 38.5 Å². The van der Waals surface area contributed by atoms with Gasteiger partial charge < -0.3 is 15.5 Å². The number of nitrogens with one attached hydrogen (secondary N) is 1. The molecule has 1 heterocycles. The second kappa shape index (κ2) is 11.4. The summed E-state index contributed by atoms with van der Waals surface area (Å²) in [6.07, 6.45) is 19.9. The van der Waals surface area contributed by atoms with Gasteiger partial charge in [0, 0.05) is 24.6 Å². The summed E-state index contributed by atoms with van der Waals surface area (Å²) in [5.74, 6) is 0.791. The molecule has 2 fully saturated rings. The van der Waals surface area contributed by atoms with E-state index < -0.39 is 11.2 Å². The van der Waals surface area contributed by atoms with Crippen LogP contribution in [0.1, 0.15) is 88.2 Å². The van der Waals surface area contributed by atoms with E-state index in [4.69, 9.17) is 0 Å². The fourth-order valence-electron chi connectivity index (χ4n) is 7.15. The van der Waals surface area contributed by atoms with Crippen LogP contribution in [0, 0.1) is 11.8 Å². The SMILES string of the molecule is OC(CC1C=CC=C(CC(O)(C2CCCCC2)C2CCCCC2)N1)(c1ccccc1)c1ccccc1. The molecule has 192 valence electrons. The van der Waals surface area contributed by atoms with Crippen LogP contribution in [-0.2, 0) is 5.60 Å². The van der Waals surface area contributed by atoms with Gasteiger partial charge in [-0.3, -0.25) is 0 Å². The molecule has 1 atom stereocenters. The molecule has 3 N–H and O–H groups in total. The zero-order chi connectivity index (χ0) is 24.8. The van der Waals surface area contributed by atoms with Crippen LogP contribution in [0.2, 0.25) is 0 Å². The zero-order valence-corrected chi connectivity index (χ0v) is 21.6. The van der Waals surface area contributed by atoms with Crippen molar-refractivity contribution in [2.45, 2.75) is 94.3 Å². The van der Waals surface area contributed by atoms with E-state index in [0.717, 1.165) is 42.5 Å². The van der Waals surface area contributed by atoms with Gasteiger partial charge in [-0.05, 0) is 54.7 Å². The predicted octanol–water partition coefficient (Wildman–Crippen LogP) is 7.01. The summed E-state index contributed by atoms with van der Waals surface area (Å²) in [5, 5.41) is 28.2. The van der Waals surface area contributed by atoms with Crippen LogP contribution in [0.15, 0.2) is 84.6 Å². The number of allylic oxidation sites excluding steroid dienone is 2. The lowest BCUT2D eigenvalue weighted by Gasteiger charge is -2.46. The Kier molecular flexibility index (Phi) is 7.98. The summed E-state index contributed by atoms with van der Waals surface area (Å²) in [7, 11) is 0. The van der Waals surface area contributed by atoms with Crippen molar-refractivity contribution in [3.8, 4) is 0 Å². The number of rotatable bonds is 8. The van der Waals surface area contributed by atoms with Crippen molar-refractivity contribution >= 4 is 0 Å². The highest BCUT2D eigenvalue weighted by Gasteiger charge is 2.45. The van der Waals surface area contributed by atoms with Gasteiger partial charge in [0.05, 0.1) is 5.60 Å². The van der Waals surface area contributed by atoms with E-state index in [-0.39, 0.29) is 6.04 Å². The van der Waals surface area contributed by atoms with Crippen molar-refractivity contribution in [3.05, 3.63) is 95.7 Å². The highest BCUT2D eigenvalue weighted by Crippen LogP contribution is 2.46. The molecule has 2 saturated carbocycles. The van der Waals surface area contributed by atoms with Crippen molar-refractivity contribution in [1.29, 1.82) is 0 Å². The van der Waals surface area contributed by atoms with Crippen molar-refractivity contribution in [2.75, 3.05) is 0 Å². The average molecular weight is 486 g/mol.